The molecular weight excluding hydrogens is 237 g/mol. The molecule has 0 aliphatic heterocycles. The molecule has 1 aliphatic carbocycles. The standard InChI is InChI=1S/C7H6BrF3O/c8-5-1-3-6(12,4-2-5)7(9,10)11/h1-3,12H,4H2. The van der Waals surface area contributed by atoms with Gasteiger partial charge in [-0.3, -0.25) is 0 Å². The minimum atomic E-state index is -4.60. The van der Waals surface area contributed by atoms with E-state index < -0.39 is 18.2 Å². The molecule has 0 radical (unpaired) electrons. The Morgan fingerprint density at radius 3 is 2.42 bits per heavy atom. The van der Waals surface area contributed by atoms with E-state index in [1.807, 2.05) is 0 Å². The van der Waals surface area contributed by atoms with Crippen LogP contribution in [0.15, 0.2) is 22.7 Å². The van der Waals surface area contributed by atoms with Gasteiger partial charge in [0, 0.05) is 10.9 Å². The van der Waals surface area contributed by atoms with Crippen molar-refractivity contribution in [2.75, 3.05) is 0 Å². The molecule has 0 aromatic carbocycles. The average molecular weight is 243 g/mol. The van der Waals surface area contributed by atoms with E-state index in [-0.39, 0.29) is 0 Å². The quantitative estimate of drug-likeness (QED) is 0.693. The van der Waals surface area contributed by atoms with Crippen molar-refractivity contribution in [1.29, 1.82) is 0 Å². The van der Waals surface area contributed by atoms with E-state index in [9.17, 15) is 13.2 Å². The lowest BCUT2D eigenvalue weighted by Crippen LogP contribution is -2.43. The Bertz CT molecular complexity index is 244. The molecule has 5 heteroatoms. The van der Waals surface area contributed by atoms with E-state index in [2.05, 4.69) is 15.9 Å². The normalized spacial score (nSPS) is 30.2. The molecule has 1 atom stereocenters. The maximum Gasteiger partial charge on any atom is 0.421 e. The zero-order chi connectivity index (χ0) is 9.41. The van der Waals surface area contributed by atoms with Gasteiger partial charge >= 0.3 is 6.18 Å². The van der Waals surface area contributed by atoms with Crippen LogP contribution < -0.4 is 0 Å². The third-order valence-corrected chi connectivity index (χ3v) is 2.21. The highest BCUT2D eigenvalue weighted by molar-refractivity contribution is 9.11. The third kappa shape index (κ3) is 1.72. The second-order valence-corrected chi connectivity index (χ2v) is 3.46. The molecule has 1 N–H and O–H groups in total. The van der Waals surface area contributed by atoms with Gasteiger partial charge in [-0.15, -0.1) is 0 Å². The maximum absolute atomic E-state index is 12.1. The minimum Gasteiger partial charge on any atom is -0.376 e. The molecule has 1 rings (SSSR count). The molecule has 0 saturated heterocycles. The van der Waals surface area contributed by atoms with E-state index in [1.165, 1.54) is 12.2 Å². The van der Waals surface area contributed by atoms with Gasteiger partial charge in [0.05, 0.1) is 0 Å². The van der Waals surface area contributed by atoms with Crippen LogP contribution in [0.4, 0.5) is 13.2 Å². The molecule has 1 aliphatic rings. The van der Waals surface area contributed by atoms with Gasteiger partial charge in [0.2, 0.25) is 0 Å². The number of hydrogen-bond acceptors (Lipinski definition) is 1. The lowest BCUT2D eigenvalue weighted by Gasteiger charge is -2.28. The fourth-order valence-electron chi connectivity index (χ4n) is 0.817. The predicted molar refractivity (Wildman–Crippen MR) is 41.8 cm³/mol. The van der Waals surface area contributed by atoms with Crippen LogP contribution in [-0.4, -0.2) is 16.9 Å². The third-order valence-electron chi connectivity index (χ3n) is 1.62. The molecule has 68 valence electrons. The van der Waals surface area contributed by atoms with Gasteiger partial charge in [-0.05, 0) is 12.2 Å². The van der Waals surface area contributed by atoms with Crippen molar-refractivity contribution < 1.29 is 18.3 Å². The smallest absolute Gasteiger partial charge is 0.376 e. The first-order valence-electron chi connectivity index (χ1n) is 3.19. The molecular formula is C7H6BrF3O. The zero-order valence-corrected chi connectivity index (χ0v) is 7.48. The Hall–Kier alpha value is -0.290. The van der Waals surface area contributed by atoms with Gasteiger partial charge in [0.1, 0.15) is 0 Å². The molecule has 1 unspecified atom stereocenters. The molecule has 12 heavy (non-hydrogen) atoms. The van der Waals surface area contributed by atoms with Crippen LogP contribution in [0.5, 0.6) is 0 Å². The number of allylic oxidation sites excluding steroid dienone is 2. The molecule has 0 spiro atoms. The van der Waals surface area contributed by atoms with Crippen LogP contribution in [0.2, 0.25) is 0 Å². The average Bonchev–Trinajstić information content (AvgIpc) is 1.93. The fourth-order valence-corrected chi connectivity index (χ4v) is 1.11. The number of halogens is 4. The topological polar surface area (TPSA) is 20.2 Å². The van der Waals surface area contributed by atoms with E-state index >= 15 is 0 Å². The lowest BCUT2D eigenvalue weighted by molar-refractivity contribution is -0.238. The van der Waals surface area contributed by atoms with Gasteiger partial charge in [0.15, 0.2) is 5.60 Å². The Morgan fingerprint density at radius 1 is 1.50 bits per heavy atom. The molecule has 0 aromatic rings. The molecule has 0 heterocycles. The van der Waals surface area contributed by atoms with Crippen LogP contribution in [0.25, 0.3) is 0 Å². The summed E-state index contributed by atoms with van der Waals surface area (Å²) in [5, 5.41) is 9.05. The first-order chi connectivity index (χ1) is 5.35. The fraction of sp³-hybridized carbons (Fsp3) is 0.429. The summed E-state index contributed by atoms with van der Waals surface area (Å²) in [5.41, 5.74) is -2.69. The van der Waals surface area contributed by atoms with Crippen molar-refractivity contribution in [2.24, 2.45) is 0 Å². The van der Waals surface area contributed by atoms with Gasteiger partial charge in [-0.2, -0.15) is 13.2 Å². The summed E-state index contributed by atoms with van der Waals surface area (Å²) in [6.45, 7) is 0. The Morgan fingerprint density at radius 2 is 2.08 bits per heavy atom. The molecule has 1 nitrogen and oxygen atoms in total. The van der Waals surface area contributed by atoms with E-state index in [0.717, 1.165) is 6.08 Å². The molecule has 0 bridgehead atoms. The van der Waals surface area contributed by atoms with Crippen LogP contribution in [0, 0.1) is 0 Å². The van der Waals surface area contributed by atoms with Crippen LogP contribution in [-0.2, 0) is 0 Å². The van der Waals surface area contributed by atoms with Gasteiger partial charge in [-0.1, -0.05) is 22.0 Å². The maximum atomic E-state index is 12.1. The van der Waals surface area contributed by atoms with Crippen LogP contribution >= 0.6 is 15.9 Å². The first kappa shape index (κ1) is 9.80. The summed E-state index contributed by atoms with van der Waals surface area (Å²) in [6, 6.07) is 0. The molecule has 0 aromatic heterocycles. The van der Waals surface area contributed by atoms with E-state index in [1.54, 1.807) is 0 Å². The van der Waals surface area contributed by atoms with Crippen molar-refractivity contribution in [3.63, 3.8) is 0 Å². The second kappa shape index (κ2) is 2.88. The van der Waals surface area contributed by atoms with Gasteiger partial charge < -0.3 is 5.11 Å². The van der Waals surface area contributed by atoms with E-state index in [4.69, 9.17) is 5.11 Å². The summed E-state index contributed by atoms with van der Waals surface area (Å²) >= 11 is 3.00. The number of aliphatic hydroxyl groups is 1. The molecule has 0 amide bonds. The largest absolute Gasteiger partial charge is 0.421 e. The second-order valence-electron chi connectivity index (χ2n) is 2.55. The van der Waals surface area contributed by atoms with Crippen molar-refractivity contribution in [3.8, 4) is 0 Å². The minimum absolute atomic E-state index is 0.437. The Balaban J connectivity index is 2.86. The van der Waals surface area contributed by atoms with Crippen molar-refractivity contribution in [1.82, 2.24) is 0 Å². The van der Waals surface area contributed by atoms with Crippen LogP contribution in [0.3, 0.4) is 0 Å². The highest BCUT2D eigenvalue weighted by atomic mass is 79.9. The van der Waals surface area contributed by atoms with Crippen LogP contribution in [0.1, 0.15) is 6.42 Å². The summed E-state index contributed by atoms with van der Waals surface area (Å²) in [7, 11) is 0. The molecule has 0 fully saturated rings. The van der Waals surface area contributed by atoms with Gasteiger partial charge in [0.25, 0.3) is 0 Å². The summed E-state index contributed by atoms with van der Waals surface area (Å²) < 4.78 is 36.9. The number of alkyl halides is 3. The summed E-state index contributed by atoms with van der Waals surface area (Å²) in [6.07, 6.45) is -1.82. The highest BCUT2D eigenvalue weighted by Gasteiger charge is 2.51. The Labute approximate surface area is 75.7 Å². The SMILES string of the molecule is OC1(C(F)(F)F)C=CC(Br)=CC1. The monoisotopic (exact) mass is 242 g/mol. The lowest BCUT2D eigenvalue weighted by atomic mass is 9.95. The van der Waals surface area contributed by atoms with Crippen molar-refractivity contribution >= 4 is 15.9 Å². The van der Waals surface area contributed by atoms with Crippen molar-refractivity contribution in [3.05, 3.63) is 22.7 Å². The number of rotatable bonds is 0. The van der Waals surface area contributed by atoms with Gasteiger partial charge in [-0.25, -0.2) is 0 Å². The Kier molecular flexibility index (Phi) is 2.35. The highest BCUT2D eigenvalue weighted by Crippen LogP contribution is 2.37. The zero-order valence-electron chi connectivity index (χ0n) is 5.90. The summed E-state index contributed by atoms with van der Waals surface area (Å²) in [5.74, 6) is 0. The predicted octanol–water partition coefficient (Wildman–Crippen LogP) is 2.52. The van der Waals surface area contributed by atoms with Crippen molar-refractivity contribution in [2.45, 2.75) is 18.2 Å². The summed E-state index contributed by atoms with van der Waals surface area (Å²) in [4.78, 5) is 0. The van der Waals surface area contributed by atoms with E-state index in [0.29, 0.717) is 4.48 Å². The first-order valence-corrected chi connectivity index (χ1v) is 3.98. The molecule has 0 saturated carbocycles. The number of hydrogen-bond donors (Lipinski definition) is 1.